The number of benzene rings is 1. The average molecular weight is 353 g/mol. The van der Waals surface area contributed by atoms with Crippen LogP contribution in [0.2, 0.25) is 0 Å². The topological polar surface area (TPSA) is 104 Å². The van der Waals surface area contributed by atoms with Gasteiger partial charge < -0.3 is 14.0 Å². The van der Waals surface area contributed by atoms with Crippen LogP contribution in [0.25, 0.3) is 0 Å². The van der Waals surface area contributed by atoms with E-state index in [0.717, 1.165) is 6.42 Å². The number of fused-ring (bicyclic) bond motifs is 1. The van der Waals surface area contributed by atoms with Gasteiger partial charge in [-0.25, -0.2) is 13.1 Å². The first-order valence-electron chi connectivity index (χ1n) is 7.67. The fourth-order valence-corrected chi connectivity index (χ4v) is 3.12. The van der Waals surface area contributed by atoms with Gasteiger partial charge in [-0.2, -0.15) is 4.98 Å². The summed E-state index contributed by atoms with van der Waals surface area (Å²) in [6, 6.07) is 4.53. The van der Waals surface area contributed by atoms with Crippen LogP contribution < -0.4 is 14.2 Å². The molecule has 9 heteroatoms. The standard InChI is InChI=1S/C15H19N3O5S/c1-10(2)15-17-14(18-23-15)9-16-24(19,20)11-4-5-12-13(8-11)22-7-3-6-21-12/h4-5,8,10,16H,3,6-7,9H2,1-2H3. The third-order valence-electron chi connectivity index (χ3n) is 3.43. The molecule has 0 spiro atoms. The molecular formula is C15H19N3O5S. The lowest BCUT2D eigenvalue weighted by Crippen LogP contribution is -2.24. The van der Waals surface area contributed by atoms with Crippen LogP contribution in [0.1, 0.15) is 37.9 Å². The molecule has 0 saturated heterocycles. The van der Waals surface area contributed by atoms with Gasteiger partial charge in [-0.1, -0.05) is 19.0 Å². The van der Waals surface area contributed by atoms with E-state index in [2.05, 4.69) is 14.9 Å². The van der Waals surface area contributed by atoms with Crippen LogP contribution in [0.3, 0.4) is 0 Å². The van der Waals surface area contributed by atoms with Crippen molar-refractivity contribution in [1.82, 2.24) is 14.9 Å². The van der Waals surface area contributed by atoms with Gasteiger partial charge in [0.05, 0.1) is 24.7 Å². The fraction of sp³-hybridized carbons (Fsp3) is 0.467. The average Bonchev–Trinajstić information content (AvgIpc) is 2.91. The fourth-order valence-electron chi connectivity index (χ4n) is 2.13. The highest BCUT2D eigenvalue weighted by Gasteiger charge is 2.20. The second-order valence-electron chi connectivity index (χ2n) is 5.69. The van der Waals surface area contributed by atoms with Crippen molar-refractivity contribution >= 4 is 10.0 Å². The van der Waals surface area contributed by atoms with Crippen LogP contribution in [-0.2, 0) is 16.6 Å². The lowest BCUT2D eigenvalue weighted by atomic mass is 10.2. The molecule has 0 fully saturated rings. The third-order valence-corrected chi connectivity index (χ3v) is 4.83. The first-order valence-corrected chi connectivity index (χ1v) is 9.16. The van der Waals surface area contributed by atoms with Gasteiger partial charge in [-0.3, -0.25) is 0 Å². The van der Waals surface area contributed by atoms with Crippen LogP contribution in [0.15, 0.2) is 27.6 Å². The van der Waals surface area contributed by atoms with Gasteiger partial charge in [0.25, 0.3) is 0 Å². The number of ether oxygens (including phenoxy) is 2. The molecule has 0 radical (unpaired) electrons. The highest BCUT2D eigenvalue weighted by Crippen LogP contribution is 2.31. The monoisotopic (exact) mass is 353 g/mol. The molecular weight excluding hydrogens is 334 g/mol. The Morgan fingerprint density at radius 2 is 1.96 bits per heavy atom. The van der Waals surface area contributed by atoms with Gasteiger partial charge in [0.15, 0.2) is 17.3 Å². The van der Waals surface area contributed by atoms with Crippen molar-refractivity contribution in [3.63, 3.8) is 0 Å². The molecule has 1 aromatic carbocycles. The van der Waals surface area contributed by atoms with E-state index in [1.54, 1.807) is 6.07 Å². The maximum Gasteiger partial charge on any atom is 0.241 e. The summed E-state index contributed by atoms with van der Waals surface area (Å²) >= 11 is 0. The molecule has 0 bridgehead atoms. The Balaban J connectivity index is 1.74. The number of sulfonamides is 1. The van der Waals surface area contributed by atoms with Gasteiger partial charge in [0.2, 0.25) is 15.9 Å². The second-order valence-corrected chi connectivity index (χ2v) is 7.45. The molecule has 2 aromatic rings. The first-order chi connectivity index (χ1) is 11.5. The minimum atomic E-state index is -3.72. The molecule has 1 N–H and O–H groups in total. The second kappa shape index (κ2) is 6.78. The summed E-state index contributed by atoms with van der Waals surface area (Å²) in [5.74, 6) is 1.82. The molecule has 1 aliphatic heterocycles. The Labute approximate surface area is 140 Å². The van der Waals surface area contributed by atoms with Crippen molar-refractivity contribution in [1.29, 1.82) is 0 Å². The Morgan fingerprint density at radius 1 is 1.21 bits per heavy atom. The summed E-state index contributed by atoms with van der Waals surface area (Å²) in [4.78, 5) is 4.24. The highest BCUT2D eigenvalue weighted by atomic mass is 32.2. The van der Waals surface area contributed by atoms with Crippen LogP contribution in [0, 0.1) is 0 Å². The summed E-state index contributed by atoms with van der Waals surface area (Å²) in [5, 5.41) is 3.76. The molecule has 0 aliphatic carbocycles. The van der Waals surface area contributed by atoms with Crippen LogP contribution >= 0.6 is 0 Å². The summed E-state index contributed by atoms with van der Waals surface area (Å²) in [5.41, 5.74) is 0. The summed E-state index contributed by atoms with van der Waals surface area (Å²) in [6.45, 7) is 4.82. The van der Waals surface area contributed by atoms with Crippen molar-refractivity contribution in [2.24, 2.45) is 0 Å². The Hall–Kier alpha value is -2.13. The van der Waals surface area contributed by atoms with Gasteiger partial charge in [0.1, 0.15) is 0 Å². The number of hydrogen-bond acceptors (Lipinski definition) is 7. The summed E-state index contributed by atoms with van der Waals surface area (Å²) in [6.07, 6.45) is 0.755. The molecule has 130 valence electrons. The molecule has 3 rings (SSSR count). The van der Waals surface area contributed by atoms with Gasteiger partial charge in [-0.05, 0) is 12.1 Å². The minimum absolute atomic E-state index is 0.0486. The third kappa shape index (κ3) is 3.68. The quantitative estimate of drug-likeness (QED) is 0.874. The van der Waals surface area contributed by atoms with Crippen molar-refractivity contribution in [2.45, 2.75) is 37.6 Å². The first kappa shape index (κ1) is 16.7. The maximum absolute atomic E-state index is 12.4. The molecule has 8 nitrogen and oxygen atoms in total. The Morgan fingerprint density at radius 3 is 2.67 bits per heavy atom. The van der Waals surface area contributed by atoms with Crippen LogP contribution in [0.4, 0.5) is 0 Å². The largest absolute Gasteiger partial charge is 0.490 e. The molecule has 0 saturated carbocycles. The molecule has 1 aliphatic rings. The van der Waals surface area contributed by atoms with Crippen LogP contribution in [0.5, 0.6) is 11.5 Å². The molecule has 2 heterocycles. The van der Waals surface area contributed by atoms with E-state index >= 15 is 0 Å². The zero-order chi connectivity index (χ0) is 17.2. The number of aromatic nitrogens is 2. The number of nitrogens with one attached hydrogen (secondary N) is 1. The van der Waals surface area contributed by atoms with E-state index in [1.165, 1.54) is 12.1 Å². The number of nitrogens with zero attached hydrogens (tertiary/aromatic N) is 2. The maximum atomic E-state index is 12.4. The van der Waals surface area contributed by atoms with Crippen molar-refractivity contribution in [2.75, 3.05) is 13.2 Å². The lowest BCUT2D eigenvalue weighted by Gasteiger charge is -2.10. The van der Waals surface area contributed by atoms with Crippen molar-refractivity contribution < 1.29 is 22.4 Å². The Kier molecular flexibility index (Phi) is 4.72. The zero-order valence-electron chi connectivity index (χ0n) is 13.5. The number of rotatable bonds is 5. The summed E-state index contributed by atoms with van der Waals surface area (Å²) < 4.78 is 43.4. The lowest BCUT2D eigenvalue weighted by molar-refractivity contribution is 0.297. The predicted molar refractivity (Wildman–Crippen MR) is 84.5 cm³/mol. The minimum Gasteiger partial charge on any atom is -0.490 e. The summed E-state index contributed by atoms with van der Waals surface area (Å²) in [7, 11) is -3.72. The van der Waals surface area contributed by atoms with Gasteiger partial charge in [0, 0.05) is 18.4 Å². The predicted octanol–water partition coefficient (Wildman–Crippen LogP) is 1.83. The van der Waals surface area contributed by atoms with E-state index in [1.807, 2.05) is 13.8 Å². The Bertz CT molecular complexity index is 816. The molecule has 0 unspecified atom stereocenters. The normalized spacial score (nSPS) is 14.6. The molecule has 0 amide bonds. The van der Waals surface area contributed by atoms with Gasteiger partial charge >= 0.3 is 0 Å². The molecule has 1 aromatic heterocycles. The van der Waals surface area contributed by atoms with E-state index < -0.39 is 10.0 Å². The van der Waals surface area contributed by atoms with E-state index in [0.29, 0.717) is 30.6 Å². The van der Waals surface area contributed by atoms with Crippen LogP contribution in [-0.4, -0.2) is 31.8 Å². The smallest absolute Gasteiger partial charge is 0.241 e. The zero-order valence-corrected chi connectivity index (χ0v) is 14.3. The SMILES string of the molecule is CC(C)c1nc(CNS(=O)(=O)c2ccc3c(c2)OCCCO3)no1. The molecule has 0 atom stereocenters. The van der Waals surface area contributed by atoms with E-state index in [9.17, 15) is 8.42 Å². The van der Waals surface area contributed by atoms with Gasteiger partial charge in [-0.15, -0.1) is 0 Å². The van der Waals surface area contributed by atoms with Crippen molar-refractivity contribution in [3.8, 4) is 11.5 Å². The van der Waals surface area contributed by atoms with E-state index in [-0.39, 0.29) is 23.2 Å². The molecule has 24 heavy (non-hydrogen) atoms. The van der Waals surface area contributed by atoms with E-state index in [4.69, 9.17) is 14.0 Å². The van der Waals surface area contributed by atoms with Crippen molar-refractivity contribution in [3.05, 3.63) is 29.9 Å². The number of hydrogen-bond donors (Lipinski definition) is 1. The highest BCUT2D eigenvalue weighted by molar-refractivity contribution is 7.89.